The molecule has 4 aromatic rings. The lowest BCUT2D eigenvalue weighted by atomic mass is 10.1. The van der Waals surface area contributed by atoms with Gasteiger partial charge in [0.25, 0.3) is 11.8 Å². The molecular formula is C19H14N6O2. The highest BCUT2D eigenvalue weighted by Gasteiger charge is 2.14. The van der Waals surface area contributed by atoms with E-state index in [1.165, 1.54) is 6.20 Å². The Hall–Kier alpha value is -4.07. The van der Waals surface area contributed by atoms with Crippen molar-refractivity contribution in [2.45, 2.75) is 0 Å². The molecule has 2 heterocycles. The van der Waals surface area contributed by atoms with E-state index >= 15 is 0 Å². The van der Waals surface area contributed by atoms with Crippen LogP contribution in [0.3, 0.4) is 0 Å². The third-order valence-corrected chi connectivity index (χ3v) is 3.86. The molecule has 0 aliphatic heterocycles. The van der Waals surface area contributed by atoms with Crippen LogP contribution in [0.25, 0.3) is 22.3 Å². The van der Waals surface area contributed by atoms with Crippen molar-refractivity contribution in [3.63, 3.8) is 0 Å². The summed E-state index contributed by atoms with van der Waals surface area (Å²) in [4.78, 5) is 32.8. The van der Waals surface area contributed by atoms with Gasteiger partial charge in [0.1, 0.15) is 11.4 Å². The van der Waals surface area contributed by atoms with E-state index in [9.17, 15) is 9.59 Å². The average molecular weight is 358 g/mol. The maximum absolute atomic E-state index is 12.2. The van der Waals surface area contributed by atoms with Crippen molar-refractivity contribution in [3.8, 4) is 11.3 Å². The molecule has 0 aliphatic rings. The van der Waals surface area contributed by atoms with Crippen LogP contribution in [0.15, 0.2) is 66.9 Å². The highest BCUT2D eigenvalue weighted by molar-refractivity contribution is 5.98. The smallest absolute Gasteiger partial charge is 0.272 e. The first-order valence-corrected chi connectivity index (χ1v) is 8.14. The van der Waals surface area contributed by atoms with Gasteiger partial charge < -0.3 is 0 Å². The second-order valence-electron chi connectivity index (χ2n) is 5.69. The summed E-state index contributed by atoms with van der Waals surface area (Å²) in [6, 6.07) is 18.2. The van der Waals surface area contributed by atoms with Gasteiger partial charge in [0.05, 0.1) is 22.9 Å². The molecule has 2 amide bonds. The third-order valence-electron chi connectivity index (χ3n) is 3.86. The SMILES string of the molecule is O=C(NNC(=O)c1cc(-c2ccccc2)n[nH]1)c1cnc2ccccc2n1. The number of nitrogens with zero attached hydrogens (tertiary/aromatic N) is 3. The van der Waals surface area contributed by atoms with Crippen molar-refractivity contribution < 1.29 is 9.59 Å². The standard InChI is InChI=1S/C19H14N6O2/c26-18(16-10-15(22-23-16)12-6-2-1-3-7-12)24-25-19(27)17-11-20-13-8-4-5-9-14(13)21-17/h1-11H,(H,22,23)(H,24,26)(H,25,27). The number of nitrogens with one attached hydrogen (secondary N) is 3. The minimum Gasteiger partial charge on any atom is -0.272 e. The largest absolute Gasteiger partial charge is 0.289 e. The number of hydrazine groups is 1. The van der Waals surface area contributed by atoms with Crippen LogP contribution in [0.1, 0.15) is 21.0 Å². The van der Waals surface area contributed by atoms with Crippen molar-refractivity contribution in [3.05, 3.63) is 78.2 Å². The van der Waals surface area contributed by atoms with Crippen LogP contribution in [-0.2, 0) is 0 Å². The summed E-state index contributed by atoms with van der Waals surface area (Å²) in [5.74, 6) is -1.09. The second kappa shape index (κ2) is 7.04. The Labute approximate surface area is 153 Å². The Morgan fingerprint density at radius 1 is 0.852 bits per heavy atom. The molecule has 0 fully saturated rings. The predicted molar refractivity (Wildman–Crippen MR) is 98.5 cm³/mol. The Bertz CT molecular complexity index is 1120. The fraction of sp³-hybridized carbons (Fsp3) is 0. The molecule has 8 heteroatoms. The molecule has 0 saturated heterocycles. The Balaban J connectivity index is 1.42. The van der Waals surface area contributed by atoms with Crippen LogP contribution in [-0.4, -0.2) is 32.0 Å². The van der Waals surface area contributed by atoms with Crippen molar-refractivity contribution >= 4 is 22.8 Å². The number of amides is 2. The van der Waals surface area contributed by atoms with Gasteiger partial charge >= 0.3 is 0 Å². The number of para-hydroxylation sites is 2. The number of benzene rings is 2. The molecule has 3 N–H and O–H groups in total. The van der Waals surface area contributed by atoms with Crippen molar-refractivity contribution in [2.24, 2.45) is 0 Å². The number of rotatable bonds is 3. The molecule has 4 rings (SSSR count). The average Bonchev–Trinajstić information content (AvgIpc) is 3.22. The molecule has 27 heavy (non-hydrogen) atoms. The molecule has 0 aliphatic carbocycles. The fourth-order valence-electron chi connectivity index (χ4n) is 2.51. The number of hydrogen-bond donors (Lipinski definition) is 3. The highest BCUT2D eigenvalue weighted by atomic mass is 16.2. The van der Waals surface area contributed by atoms with E-state index < -0.39 is 11.8 Å². The van der Waals surface area contributed by atoms with Crippen LogP contribution in [0, 0.1) is 0 Å². The first-order chi connectivity index (χ1) is 13.2. The lowest BCUT2D eigenvalue weighted by molar-refractivity contribution is 0.0841. The first-order valence-electron chi connectivity index (χ1n) is 8.14. The molecule has 132 valence electrons. The minimum atomic E-state index is -0.565. The molecule has 8 nitrogen and oxygen atoms in total. The summed E-state index contributed by atoms with van der Waals surface area (Å²) in [5.41, 5.74) is 7.77. The first kappa shape index (κ1) is 16.4. The van der Waals surface area contributed by atoms with Gasteiger partial charge in [-0.1, -0.05) is 42.5 Å². The molecule has 0 unspecified atom stereocenters. The Morgan fingerprint density at radius 2 is 1.56 bits per heavy atom. The number of hydrogen-bond acceptors (Lipinski definition) is 5. The molecule has 0 bridgehead atoms. The van der Waals surface area contributed by atoms with Gasteiger partial charge in [-0.2, -0.15) is 5.10 Å². The predicted octanol–water partition coefficient (Wildman–Crippen LogP) is 2.09. The van der Waals surface area contributed by atoms with E-state index in [0.717, 1.165) is 5.56 Å². The van der Waals surface area contributed by atoms with E-state index in [2.05, 4.69) is 31.0 Å². The number of carbonyl (C=O) groups is 2. The summed E-state index contributed by atoms with van der Waals surface area (Å²) < 4.78 is 0. The lowest BCUT2D eigenvalue weighted by Crippen LogP contribution is -2.42. The van der Waals surface area contributed by atoms with Gasteiger partial charge in [-0.15, -0.1) is 0 Å². The fourth-order valence-corrected chi connectivity index (χ4v) is 2.51. The van der Waals surface area contributed by atoms with Gasteiger partial charge in [-0.05, 0) is 18.2 Å². The van der Waals surface area contributed by atoms with Crippen LogP contribution >= 0.6 is 0 Å². The van der Waals surface area contributed by atoms with Gasteiger partial charge in [0.15, 0.2) is 0 Å². The monoisotopic (exact) mass is 358 g/mol. The van der Waals surface area contributed by atoms with Gasteiger partial charge in [0.2, 0.25) is 0 Å². The number of aromatic amines is 1. The molecule has 0 radical (unpaired) electrons. The Kier molecular flexibility index (Phi) is 4.28. The molecule has 2 aromatic heterocycles. The van der Waals surface area contributed by atoms with Crippen molar-refractivity contribution in [2.75, 3.05) is 0 Å². The van der Waals surface area contributed by atoms with Crippen LogP contribution in [0.5, 0.6) is 0 Å². The normalized spacial score (nSPS) is 10.5. The quantitative estimate of drug-likeness (QED) is 0.486. The molecule has 0 saturated carbocycles. The van der Waals surface area contributed by atoms with E-state index in [1.807, 2.05) is 42.5 Å². The number of fused-ring (bicyclic) bond motifs is 1. The van der Waals surface area contributed by atoms with Gasteiger partial charge in [-0.3, -0.25) is 30.5 Å². The molecule has 0 spiro atoms. The van der Waals surface area contributed by atoms with Crippen molar-refractivity contribution in [1.29, 1.82) is 0 Å². The zero-order valence-electron chi connectivity index (χ0n) is 14.0. The summed E-state index contributed by atoms with van der Waals surface area (Å²) in [5, 5.41) is 6.76. The summed E-state index contributed by atoms with van der Waals surface area (Å²) in [6.45, 7) is 0. The van der Waals surface area contributed by atoms with Crippen molar-refractivity contribution in [1.82, 2.24) is 31.0 Å². The number of H-pyrrole nitrogens is 1. The molecular weight excluding hydrogens is 344 g/mol. The number of carbonyl (C=O) groups excluding carboxylic acids is 2. The third kappa shape index (κ3) is 3.49. The number of aromatic nitrogens is 4. The van der Waals surface area contributed by atoms with Crippen LogP contribution < -0.4 is 10.9 Å². The van der Waals surface area contributed by atoms with E-state index in [4.69, 9.17) is 0 Å². The summed E-state index contributed by atoms with van der Waals surface area (Å²) >= 11 is 0. The Morgan fingerprint density at radius 3 is 2.37 bits per heavy atom. The second-order valence-corrected chi connectivity index (χ2v) is 5.69. The van der Waals surface area contributed by atoms with Crippen LogP contribution in [0.2, 0.25) is 0 Å². The van der Waals surface area contributed by atoms with E-state index in [-0.39, 0.29) is 11.4 Å². The lowest BCUT2D eigenvalue weighted by Gasteiger charge is -2.06. The van der Waals surface area contributed by atoms with E-state index in [0.29, 0.717) is 16.7 Å². The summed E-state index contributed by atoms with van der Waals surface area (Å²) in [6.07, 6.45) is 1.35. The topological polar surface area (TPSA) is 113 Å². The zero-order chi connectivity index (χ0) is 18.6. The van der Waals surface area contributed by atoms with Gasteiger partial charge in [-0.25, -0.2) is 4.98 Å². The molecule has 0 atom stereocenters. The zero-order valence-corrected chi connectivity index (χ0v) is 14.0. The van der Waals surface area contributed by atoms with Gasteiger partial charge in [0, 0.05) is 5.56 Å². The maximum atomic E-state index is 12.2. The van der Waals surface area contributed by atoms with Crippen LogP contribution in [0.4, 0.5) is 0 Å². The maximum Gasteiger partial charge on any atom is 0.289 e. The summed E-state index contributed by atoms with van der Waals surface area (Å²) in [7, 11) is 0. The van der Waals surface area contributed by atoms with E-state index in [1.54, 1.807) is 18.2 Å². The molecule has 2 aromatic carbocycles. The highest BCUT2D eigenvalue weighted by Crippen LogP contribution is 2.16. The minimum absolute atomic E-state index is 0.101.